The van der Waals surface area contributed by atoms with E-state index in [0.717, 1.165) is 11.1 Å². The smallest absolute Gasteiger partial charge is 0.307 e. The van der Waals surface area contributed by atoms with Crippen molar-refractivity contribution >= 4 is 17.8 Å². The van der Waals surface area contributed by atoms with Gasteiger partial charge in [-0.15, -0.1) is 0 Å². The minimum atomic E-state index is -1.05. The highest BCUT2D eigenvalue weighted by Gasteiger charge is 2.18. The van der Waals surface area contributed by atoms with Gasteiger partial charge in [0.2, 0.25) is 5.91 Å². The fourth-order valence-electron chi connectivity index (χ4n) is 2.94. The van der Waals surface area contributed by atoms with Crippen LogP contribution < -0.4 is 5.32 Å². The highest BCUT2D eigenvalue weighted by atomic mass is 16.5. The predicted octanol–water partition coefficient (Wildman–Crippen LogP) is 2.90. The van der Waals surface area contributed by atoms with Crippen LogP contribution in [0.5, 0.6) is 5.75 Å². The van der Waals surface area contributed by atoms with Crippen LogP contribution in [-0.4, -0.2) is 40.7 Å². The summed E-state index contributed by atoms with van der Waals surface area (Å²) in [5.74, 6) is -1.72. The Hall–Kier alpha value is -3.35. The number of rotatable bonds is 10. The lowest BCUT2D eigenvalue weighted by atomic mass is 9.99. The molecule has 0 aliphatic rings. The summed E-state index contributed by atoms with van der Waals surface area (Å²) in [6.45, 7) is 1.95. The molecule has 29 heavy (non-hydrogen) atoms. The SMILES string of the molecule is CCOC(=O)C[C@@H](Cc1ccc(-c2ccccc2O)cc1)NC(=O)CCC(=O)O. The molecule has 0 aromatic heterocycles. The number of para-hydroxylation sites is 1. The van der Waals surface area contributed by atoms with Crippen molar-refractivity contribution in [1.82, 2.24) is 5.32 Å². The molecule has 0 aliphatic heterocycles. The number of hydrogen-bond acceptors (Lipinski definition) is 5. The predicted molar refractivity (Wildman–Crippen MR) is 107 cm³/mol. The van der Waals surface area contributed by atoms with E-state index in [1.807, 2.05) is 36.4 Å². The molecule has 2 aromatic rings. The maximum Gasteiger partial charge on any atom is 0.307 e. The van der Waals surface area contributed by atoms with Gasteiger partial charge in [-0.1, -0.05) is 42.5 Å². The summed E-state index contributed by atoms with van der Waals surface area (Å²) < 4.78 is 4.97. The number of esters is 1. The number of carbonyl (C=O) groups is 3. The van der Waals surface area contributed by atoms with Gasteiger partial charge in [-0.25, -0.2) is 0 Å². The Labute approximate surface area is 169 Å². The van der Waals surface area contributed by atoms with Gasteiger partial charge in [-0.05, 0) is 30.5 Å². The van der Waals surface area contributed by atoms with E-state index >= 15 is 0 Å². The van der Waals surface area contributed by atoms with Gasteiger partial charge in [0.05, 0.1) is 19.4 Å². The van der Waals surface area contributed by atoms with Crippen LogP contribution in [0, 0.1) is 0 Å². The first-order chi connectivity index (χ1) is 13.9. The number of ether oxygens (including phenoxy) is 1. The number of carbonyl (C=O) groups excluding carboxylic acids is 2. The monoisotopic (exact) mass is 399 g/mol. The zero-order chi connectivity index (χ0) is 21.2. The topological polar surface area (TPSA) is 113 Å². The number of carboxylic acids is 1. The van der Waals surface area contributed by atoms with Crippen molar-refractivity contribution < 1.29 is 29.3 Å². The second kappa shape index (κ2) is 10.8. The number of carboxylic acid groups (broad SMARTS) is 1. The number of amides is 1. The molecule has 7 heteroatoms. The third-order valence-electron chi connectivity index (χ3n) is 4.30. The second-order valence-corrected chi connectivity index (χ2v) is 6.59. The molecule has 0 bridgehead atoms. The van der Waals surface area contributed by atoms with Crippen LogP contribution >= 0.6 is 0 Å². The van der Waals surface area contributed by atoms with Crippen LogP contribution in [0.1, 0.15) is 31.7 Å². The lowest BCUT2D eigenvalue weighted by molar-refractivity contribution is -0.144. The number of hydrogen-bond donors (Lipinski definition) is 3. The van der Waals surface area contributed by atoms with Crippen LogP contribution in [0.25, 0.3) is 11.1 Å². The van der Waals surface area contributed by atoms with Crippen LogP contribution in [0.4, 0.5) is 0 Å². The molecule has 0 spiro atoms. The Morgan fingerprint density at radius 1 is 1.03 bits per heavy atom. The molecule has 3 N–H and O–H groups in total. The number of phenolic OH excluding ortho intramolecular Hbond substituents is 1. The number of benzene rings is 2. The average Bonchev–Trinajstić information content (AvgIpc) is 2.67. The molecule has 0 saturated carbocycles. The van der Waals surface area contributed by atoms with Gasteiger partial charge in [0.15, 0.2) is 0 Å². The van der Waals surface area contributed by atoms with E-state index < -0.39 is 23.9 Å². The van der Waals surface area contributed by atoms with Gasteiger partial charge in [-0.2, -0.15) is 0 Å². The molecule has 1 atom stereocenters. The molecule has 0 aliphatic carbocycles. The summed E-state index contributed by atoms with van der Waals surface area (Å²) in [6, 6.07) is 14.0. The standard InChI is InChI=1S/C22H25NO6/c1-2-29-22(28)14-17(23-20(25)11-12-21(26)27)13-15-7-9-16(10-8-15)18-5-3-4-6-19(18)24/h3-10,17,24H,2,11-14H2,1H3,(H,23,25)(H,26,27)/t17-/m1/s1. The molecule has 0 radical (unpaired) electrons. The number of aromatic hydroxyl groups is 1. The van der Waals surface area contributed by atoms with Gasteiger partial charge < -0.3 is 20.3 Å². The van der Waals surface area contributed by atoms with Crippen molar-refractivity contribution in [3.8, 4) is 16.9 Å². The van der Waals surface area contributed by atoms with Gasteiger partial charge in [0.25, 0.3) is 0 Å². The second-order valence-electron chi connectivity index (χ2n) is 6.59. The Bertz CT molecular complexity index is 847. The molecule has 0 unspecified atom stereocenters. The Balaban J connectivity index is 2.08. The Morgan fingerprint density at radius 2 is 1.72 bits per heavy atom. The van der Waals surface area contributed by atoms with E-state index in [1.165, 1.54) is 0 Å². The lowest BCUT2D eigenvalue weighted by Gasteiger charge is -2.18. The van der Waals surface area contributed by atoms with Gasteiger partial charge >= 0.3 is 11.9 Å². The fraction of sp³-hybridized carbons (Fsp3) is 0.318. The van der Waals surface area contributed by atoms with E-state index in [4.69, 9.17) is 9.84 Å². The first-order valence-corrected chi connectivity index (χ1v) is 9.43. The number of phenols is 1. The van der Waals surface area contributed by atoms with Crippen molar-refractivity contribution in [3.63, 3.8) is 0 Å². The first kappa shape index (κ1) is 21.9. The van der Waals surface area contributed by atoms with E-state index in [2.05, 4.69) is 5.32 Å². The minimum absolute atomic E-state index is 0.00608. The zero-order valence-corrected chi connectivity index (χ0v) is 16.3. The van der Waals surface area contributed by atoms with Crippen LogP contribution in [0.2, 0.25) is 0 Å². The lowest BCUT2D eigenvalue weighted by Crippen LogP contribution is -2.38. The number of aliphatic carboxylic acids is 1. The molecule has 154 valence electrons. The first-order valence-electron chi connectivity index (χ1n) is 9.43. The molecule has 2 rings (SSSR count). The van der Waals surface area contributed by atoms with E-state index in [9.17, 15) is 19.5 Å². The van der Waals surface area contributed by atoms with Gasteiger partial charge in [-0.3, -0.25) is 14.4 Å². The quantitative estimate of drug-likeness (QED) is 0.530. The summed E-state index contributed by atoms with van der Waals surface area (Å²) >= 11 is 0. The summed E-state index contributed by atoms with van der Waals surface area (Å²) in [6.07, 6.45) is -0.0410. The van der Waals surface area contributed by atoms with E-state index in [0.29, 0.717) is 12.0 Å². The fourth-order valence-corrected chi connectivity index (χ4v) is 2.94. The molecule has 7 nitrogen and oxygen atoms in total. The highest BCUT2D eigenvalue weighted by Crippen LogP contribution is 2.28. The van der Waals surface area contributed by atoms with Crippen LogP contribution in [0.3, 0.4) is 0 Å². The molecule has 2 aromatic carbocycles. The van der Waals surface area contributed by atoms with E-state index in [-0.39, 0.29) is 31.6 Å². The molecular weight excluding hydrogens is 374 g/mol. The summed E-state index contributed by atoms with van der Waals surface area (Å²) in [4.78, 5) is 34.5. The molecule has 0 fully saturated rings. The van der Waals surface area contributed by atoms with Crippen LogP contribution in [-0.2, 0) is 25.5 Å². The Kier molecular flexibility index (Phi) is 8.21. The maximum absolute atomic E-state index is 12.0. The zero-order valence-electron chi connectivity index (χ0n) is 16.3. The minimum Gasteiger partial charge on any atom is -0.507 e. The van der Waals surface area contributed by atoms with Gasteiger partial charge in [0.1, 0.15) is 5.75 Å². The van der Waals surface area contributed by atoms with Crippen LogP contribution in [0.15, 0.2) is 48.5 Å². The maximum atomic E-state index is 12.0. The van der Waals surface area contributed by atoms with Crippen molar-refractivity contribution in [2.24, 2.45) is 0 Å². The molecular formula is C22H25NO6. The van der Waals surface area contributed by atoms with Crippen molar-refractivity contribution in [1.29, 1.82) is 0 Å². The van der Waals surface area contributed by atoms with Crippen molar-refractivity contribution in [2.45, 2.75) is 38.6 Å². The van der Waals surface area contributed by atoms with Gasteiger partial charge in [0, 0.05) is 18.0 Å². The third kappa shape index (κ3) is 7.29. The van der Waals surface area contributed by atoms with Crippen molar-refractivity contribution in [2.75, 3.05) is 6.61 Å². The summed E-state index contributed by atoms with van der Waals surface area (Å²) in [5.41, 5.74) is 2.44. The molecule has 1 amide bonds. The molecule has 0 saturated heterocycles. The molecule has 0 heterocycles. The largest absolute Gasteiger partial charge is 0.507 e. The summed E-state index contributed by atoms with van der Waals surface area (Å²) in [5, 5.41) is 21.4. The Morgan fingerprint density at radius 3 is 2.34 bits per heavy atom. The average molecular weight is 399 g/mol. The number of nitrogens with one attached hydrogen (secondary N) is 1. The normalized spacial score (nSPS) is 11.5. The summed E-state index contributed by atoms with van der Waals surface area (Å²) in [7, 11) is 0. The highest BCUT2D eigenvalue weighted by molar-refractivity contribution is 5.81. The third-order valence-corrected chi connectivity index (χ3v) is 4.30. The van der Waals surface area contributed by atoms with E-state index in [1.54, 1.807) is 19.1 Å². The van der Waals surface area contributed by atoms with Crippen molar-refractivity contribution in [3.05, 3.63) is 54.1 Å².